The number of carbonyl (C=O) groups is 2. The minimum Gasteiger partial charge on any atom is -0.459 e. The van der Waals surface area contributed by atoms with Crippen LogP contribution >= 0.6 is 0 Å². The summed E-state index contributed by atoms with van der Waals surface area (Å²) in [5, 5.41) is 3.52. The van der Waals surface area contributed by atoms with Crippen LogP contribution < -0.4 is 10.0 Å². The third-order valence-corrected chi connectivity index (χ3v) is 4.11. The number of rotatable bonds is 8. The topological polar surface area (TPSA) is 105 Å². The van der Waals surface area contributed by atoms with Gasteiger partial charge in [-0.15, -0.1) is 0 Å². The molecule has 25 heavy (non-hydrogen) atoms. The van der Waals surface area contributed by atoms with Crippen LogP contribution in [0, 0.1) is 0 Å². The first-order valence-electron chi connectivity index (χ1n) is 7.57. The van der Waals surface area contributed by atoms with Gasteiger partial charge >= 0.3 is 0 Å². The van der Waals surface area contributed by atoms with E-state index in [0.717, 1.165) is 5.41 Å². The molecule has 1 aromatic carbocycles. The summed E-state index contributed by atoms with van der Waals surface area (Å²) in [6, 6.07) is 12.0. The second kappa shape index (κ2) is 8.84. The molecule has 0 unspecified atom stereocenters. The van der Waals surface area contributed by atoms with Crippen LogP contribution in [0.3, 0.4) is 0 Å². The van der Waals surface area contributed by atoms with Crippen LogP contribution in [-0.2, 0) is 14.8 Å². The molecule has 0 spiro atoms. The van der Waals surface area contributed by atoms with E-state index in [-0.39, 0.29) is 24.6 Å². The maximum atomic E-state index is 11.8. The van der Waals surface area contributed by atoms with Gasteiger partial charge in [0.2, 0.25) is 5.91 Å². The first-order valence-corrected chi connectivity index (χ1v) is 9.11. The minimum absolute atomic E-state index is 0.0309. The van der Waals surface area contributed by atoms with Crippen LogP contribution in [0.1, 0.15) is 29.0 Å². The zero-order chi connectivity index (χ0) is 18.1. The largest absolute Gasteiger partial charge is 0.459 e. The van der Waals surface area contributed by atoms with Gasteiger partial charge in [-0.25, -0.2) is 13.1 Å². The van der Waals surface area contributed by atoms with Gasteiger partial charge in [-0.2, -0.15) is 0 Å². The van der Waals surface area contributed by atoms with Crippen molar-refractivity contribution < 1.29 is 22.4 Å². The molecule has 2 aromatic rings. The molecule has 0 atom stereocenters. The normalized spacial score (nSPS) is 11.4. The molecular formula is C17H18N2O5S. The third kappa shape index (κ3) is 6.64. The molecule has 132 valence electrons. The van der Waals surface area contributed by atoms with E-state index in [1.165, 1.54) is 18.4 Å². The van der Waals surface area contributed by atoms with Gasteiger partial charge in [-0.05, 0) is 30.2 Å². The van der Waals surface area contributed by atoms with Crippen LogP contribution in [0.25, 0.3) is 6.08 Å². The van der Waals surface area contributed by atoms with Gasteiger partial charge in [-0.1, -0.05) is 30.3 Å². The van der Waals surface area contributed by atoms with E-state index in [1.807, 2.05) is 10.8 Å². The van der Waals surface area contributed by atoms with Gasteiger partial charge in [0.05, 0.1) is 11.7 Å². The molecule has 0 radical (unpaired) electrons. The number of hydrogen-bond acceptors (Lipinski definition) is 5. The average Bonchev–Trinajstić information content (AvgIpc) is 3.12. The lowest BCUT2D eigenvalue weighted by Crippen LogP contribution is -2.30. The lowest BCUT2D eigenvalue weighted by molar-refractivity contribution is -0.119. The maximum absolute atomic E-state index is 11.8. The summed E-state index contributed by atoms with van der Waals surface area (Å²) >= 11 is 0. The van der Waals surface area contributed by atoms with Gasteiger partial charge in [0.1, 0.15) is 0 Å². The summed E-state index contributed by atoms with van der Waals surface area (Å²) in [5.41, 5.74) is 0.709. The fraction of sp³-hybridized carbons (Fsp3) is 0.176. The number of benzene rings is 1. The Morgan fingerprint density at radius 3 is 2.52 bits per heavy atom. The second-order valence-corrected chi connectivity index (χ2v) is 6.69. The van der Waals surface area contributed by atoms with Crippen molar-refractivity contribution in [1.82, 2.24) is 10.0 Å². The van der Waals surface area contributed by atoms with E-state index in [1.54, 1.807) is 30.3 Å². The van der Waals surface area contributed by atoms with Crippen molar-refractivity contribution in [2.75, 3.05) is 6.54 Å². The Bertz CT molecular complexity index is 827. The Labute approximate surface area is 145 Å². The Hall–Kier alpha value is -2.87. The molecule has 1 aromatic heterocycles. The third-order valence-electron chi connectivity index (χ3n) is 3.11. The monoisotopic (exact) mass is 362 g/mol. The van der Waals surface area contributed by atoms with Crippen molar-refractivity contribution in [1.29, 1.82) is 0 Å². The molecule has 0 saturated heterocycles. The van der Waals surface area contributed by atoms with Crippen molar-refractivity contribution in [3.63, 3.8) is 0 Å². The van der Waals surface area contributed by atoms with Crippen LogP contribution in [0.2, 0.25) is 0 Å². The molecule has 1 heterocycles. The zero-order valence-electron chi connectivity index (χ0n) is 13.3. The summed E-state index contributed by atoms with van der Waals surface area (Å²) in [7, 11) is -3.85. The van der Waals surface area contributed by atoms with Gasteiger partial charge in [0.15, 0.2) is 5.76 Å². The van der Waals surface area contributed by atoms with Gasteiger partial charge in [0.25, 0.3) is 15.9 Å². The molecule has 0 aliphatic heterocycles. The molecule has 2 N–H and O–H groups in total. The Morgan fingerprint density at radius 2 is 1.84 bits per heavy atom. The lowest BCUT2D eigenvalue weighted by Gasteiger charge is -2.04. The van der Waals surface area contributed by atoms with Gasteiger partial charge in [-0.3, -0.25) is 9.59 Å². The van der Waals surface area contributed by atoms with Crippen LogP contribution in [0.4, 0.5) is 0 Å². The standard InChI is InChI=1S/C17H18N2O5S/c20-16(9-4-11-18-17(21)15-8-5-12-24-15)19-25(22,23)13-10-14-6-2-1-3-7-14/h1-3,5-8,10,12-13H,4,9,11H2,(H,18,21)(H,19,20)/b13-10+. The highest BCUT2D eigenvalue weighted by atomic mass is 32.2. The van der Waals surface area contributed by atoms with E-state index in [2.05, 4.69) is 5.32 Å². The number of amides is 2. The van der Waals surface area contributed by atoms with Crippen LogP contribution in [0.15, 0.2) is 58.6 Å². The Morgan fingerprint density at radius 1 is 1.08 bits per heavy atom. The van der Waals surface area contributed by atoms with Crippen molar-refractivity contribution in [2.24, 2.45) is 0 Å². The summed E-state index contributed by atoms with van der Waals surface area (Å²) in [6.07, 6.45) is 3.06. The summed E-state index contributed by atoms with van der Waals surface area (Å²) < 4.78 is 30.5. The minimum atomic E-state index is -3.85. The smallest absolute Gasteiger partial charge is 0.286 e. The lowest BCUT2D eigenvalue weighted by atomic mass is 10.2. The van der Waals surface area contributed by atoms with E-state index in [0.29, 0.717) is 12.0 Å². The highest BCUT2D eigenvalue weighted by Gasteiger charge is 2.11. The predicted octanol–water partition coefficient (Wildman–Crippen LogP) is 1.91. The maximum Gasteiger partial charge on any atom is 0.286 e. The van der Waals surface area contributed by atoms with E-state index in [9.17, 15) is 18.0 Å². The molecular weight excluding hydrogens is 344 g/mol. The summed E-state index contributed by atoms with van der Waals surface area (Å²) in [4.78, 5) is 23.3. The fourth-order valence-electron chi connectivity index (χ4n) is 1.92. The molecule has 0 saturated carbocycles. The molecule has 0 aliphatic rings. The molecule has 2 amide bonds. The molecule has 0 aliphatic carbocycles. The van der Waals surface area contributed by atoms with Crippen molar-refractivity contribution in [2.45, 2.75) is 12.8 Å². The molecule has 0 bridgehead atoms. The predicted molar refractivity (Wildman–Crippen MR) is 92.8 cm³/mol. The number of nitrogens with one attached hydrogen (secondary N) is 2. The second-order valence-electron chi connectivity index (χ2n) is 5.12. The first-order chi connectivity index (χ1) is 12.0. The van der Waals surface area contributed by atoms with Crippen LogP contribution in [0.5, 0.6) is 0 Å². The van der Waals surface area contributed by atoms with E-state index < -0.39 is 15.9 Å². The number of hydrogen-bond donors (Lipinski definition) is 2. The molecule has 2 rings (SSSR count). The number of furan rings is 1. The fourth-order valence-corrected chi connectivity index (χ4v) is 2.75. The highest BCUT2D eigenvalue weighted by Crippen LogP contribution is 2.03. The number of carbonyl (C=O) groups excluding carboxylic acids is 2. The first kappa shape index (κ1) is 18.5. The average molecular weight is 362 g/mol. The van der Waals surface area contributed by atoms with Gasteiger partial charge in [0, 0.05) is 13.0 Å². The Balaban J connectivity index is 1.72. The quantitative estimate of drug-likeness (QED) is 0.698. The zero-order valence-corrected chi connectivity index (χ0v) is 14.2. The van der Waals surface area contributed by atoms with Crippen molar-refractivity contribution in [3.05, 3.63) is 65.5 Å². The summed E-state index contributed by atoms with van der Waals surface area (Å²) in [6.45, 7) is 0.229. The van der Waals surface area contributed by atoms with Crippen molar-refractivity contribution in [3.8, 4) is 0 Å². The highest BCUT2D eigenvalue weighted by molar-refractivity contribution is 7.93. The summed E-state index contributed by atoms with van der Waals surface area (Å²) in [5.74, 6) is -0.841. The Kier molecular flexibility index (Phi) is 6.53. The van der Waals surface area contributed by atoms with E-state index in [4.69, 9.17) is 4.42 Å². The van der Waals surface area contributed by atoms with E-state index >= 15 is 0 Å². The van der Waals surface area contributed by atoms with Crippen LogP contribution in [-0.4, -0.2) is 26.8 Å². The molecule has 7 nitrogen and oxygen atoms in total. The molecule has 0 fully saturated rings. The van der Waals surface area contributed by atoms with Crippen molar-refractivity contribution >= 4 is 27.9 Å². The number of sulfonamides is 1. The molecule has 8 heteroatoms. The van der Waals surface area contributed by atoms with Gasteiger partial charge < -0.3 is 9.73 Å². The SMILES string of the molecule is O=C(CCCNC(=O)c1ccco1)NS(=O)(=O)/C=C/c1ccccc1.